The van der Waals surface area contributed by atoms with Crippen LogP contribution in [0.2, 0.25) is 0 Å². The molecule has 9 heteroatoms. The fraction of sp³-hybridized carbons (Fsp3) is 0.529. The molecule has 7 nitrogen and oxygen atoms in total. The van der Waals surface area contributed by atoms with E-state index >= 15 is 0 Å². The number of rotatable bonds is 4. The van der Waals surface area contributed by atoms with Crippen LogP contribution in [0.1, 0.15) is 44.3 Å². The highest BCUT2D eigenvalue weighted by atomic mass is 35.5. The van der Waals surface area contributed by atoms with Crippen LogP contribution in [0.15, 0.2) is 33.7 Å². The summed E-state index contributed by atoms with van der Waals surface area (Å²) in [5.41, 5.74) is 6.32. The van der Waals surface area contributed by atoms with Crippen molar-refractivity contribution in [2.45, 2.75) is 49.0 Å². The molecule has 1 saturated carbocycles. The average Bonchev–Trinajstić information content (AvgIpc) is 3.11. The molecule has 1 aromatic carbocycles. The van der Waals surface area contributed by atoms with Gasteiger partial charge in [0, 0.05) is 18.7 Å². The normalized spacial score (nSPS) is 20.2. The Morgan fingerprint density at radius 1 is 1.12 bits per heavy atom. The van der Waals surface area contributed by atoms with Crippen LogP contribution in [0.25, 0.3) is 11.5 Å². The SMILES string of the molecule is Cl.NC1(c2noc(-c3cccc(S(=O)(=O)N4CCCCC4)c3)n2)CCC1. The van der Waals surface area contributed by atoms with Crippen LogP contribution in [0.3, 0.4) is 0 Å². The Kier molecular flexibility index (Phi) is 5.39. The van der Waals surface area contributed by atoms with Crippen molar-refractivity contribution in [2.24, 2.45) is 5.73 Å². The maximum Gasteiger partial charge on any atom is 0.258 e. The Labute approximate surface area is 159 Å². The summed E-state index contributed by atoms with van der Waals surface area (Å²) < 4.78 is 32.5. The Morgan fingerprint density at radius 3 is 2.50 bits per heavy atom. The summed E-state index contributed by atoms with van der Waals surface area (Å²) in [6.07, 6.45) is 5.64. The third-order valence-electron chi connectivity index (χ3n) is 5.15. The summed E-state index contributed by atoms with van der Waals surface area (Å²) >= 11 is 0. The Bertz CT molecular complexity index is 874. The summed E-state index contributed by atoms with van der Waals surface area (Å²) in [6, 6.07) is 6.69. The molecule has 1 aliphatic heterocycles. The van der Waals surface area contributed by atoms with E-state index in [1.54, 1.807) is 28.6 Å². The fourth-order valence-corrected chi connectivity index (χ4v) is 4.93. The lowest BCUT2D eigenvalue weighted by atomic mass is 9.77. The van der Waals surface area contributed by atoms with Gasteiger partial charge in [-0.3, -0.25) is 0 Å². The molecule has 2 aliphatic rings. The van der Waals surface area contributed by atoms with Crippen molar-refractivity contribution in [3.05, 3.63) is 30.1 Å². The Morgan fingerprint density at radius 2 is 1.85 bits per heavy atom. The number of sulfonamides is 1. The summed E-state index contributed by atoms with van der Waals surface area (Å²) in [5, 5.41) is 4.00. The molecular weight excluding hydrogens is 376 g/mol. The van der Waals surface area contributed by atoms with E-state index in [0.717, 1.165) is 38.5 Å². The smallest absolute Gasteiger partial charge is 0.258 e. The van der Waals surface area contributed by atoms with Crippen molar-refractivity contribution in [3.63, 3.8) is 0 Å². The number of benzene rings is 1. The van der Waals surface area contributed by atoms with Gasteiger partial charge in [-0.05, 0) is 50.3 Å². The van der Waals surface area contributed by atoms with Gasteiger partial charge in [0.1, 0.15) is 0 Å². The summed E-state index contributed by atoms with van der Waals surface area (Å²) in [6.45, 7) is 1.15. The van der Waals surface area contributed by atoms with Crippen molar-refractivity contribution >= 4 is 22.4 Å². The third kappa shape index (κ3) is 3.38. The van der Waals surface area contributed by atoms with Gasteiger partial charge in [0.2, 0.25) is 10.0 Å². The number of nitrogens with zero attached hydrogens (tertiary/aromatic N) is 3. The van der Waals surface area contributed by atoms with E-state index in [2.05, 4.69) is 10.1 Å². The zero-order chi connectivity index (χ0) is 17.5. The molecule has 0 radical (unpaired) electrons. The molecule has 1 saturated heterocycles. The Balaban J connectivity index is 0.00000196. The van der Waals surface area contributed by atoms with Gasteiger partial charge < -0.3 is 10.3 Å². The highest BCUT2D eigenvalue weighted by molar-refractivity contribution is 7.89. The molecule has 0 unspecified atom stereocenters. The number of halogens is 1. The number of aromatic nitrogens is 2. The molecule has 0 spiro atoms. The zero-order valence-corrected chi connectivity index (χ0v) is 16.1. The van der Waals surface area contributed by atoms with E-state index in [9.17, 15) is 8.42 Å². The standard InChI is InChI=1S/C17H22N4O3S.ClH/c18-17(8-5-9-17)16-19-15(24-20-16)13-6-4-7-14(12-13)25(22,23)21-10-2-1-3-11-21;/h4,6-7,12H,1-3,5,8-11,18H2;1H. The van der Waals surface area contributed by atoms with Crippen molar-refractivity contribution in [1.82, 2.24) is 14.4 Å². The van der Waals surface area contributed by atoms with E-state index in [0.29, 0.717) is 30.4 Å². The highest BCUT2D eigenvalue weighted by Crippen LogP contribution is 2.37. The maximum absolute atomic E-state index is 12.8. The molecule has 2 heterocycles. The number of piperidine rings is 1. The van der Waals surface area contributed by atoms with E-state index in [1.807, 2.05) is 0 Å². The lowest BCUT2D eigenvalue weighted by molar-refractivity contribution is 0.229. The molecular formula is C17H23ClN4O3S. The van der Waals surface area contributed by atoms with Crippen molar-refractivity contribution in [2.75, 3.05) is 13.1 Å². The van der Waals surface area contributed by atoms with Crippen LogP contribution in [0, 0.1) is 0 Å². The van der Waals surface area contributed by atoms with Gasteiger partial charge in [-0.25, -0.2) is 8.42 Å². The van der Waals surface area contributed by atoms with Crippen LogP contribution in [0.4, 0.5) is 0 Å². The van der Waals surface area contributed by atoms with Gasteiger partial charge in [0.15, 0.2) is 5.82 Å². The molecule has 2 N–H and O–H groups in total. The first-order valence-electron chi connectivity index (χ1n) is 8.73. The van der Waals surface area contributed by atoms with Crippen molar-refractivity contribution in [3.8, 4) is 11.5 Å². The fourth-order valence-electron chi connectivity index (χ4n) is 3.37. The molecule has 4 rings (SSSR count). The first kappa shape index (κ1) is 19.3. The van der Waals surface area contributed by atoms with Crippen LogP contribution in [0.5, 0.6) is 0 Å². The van der Waals surface area contributed by atoms with Crippen molar-refractivity contribution < 1.29 is 12.9 Å². The van der Waals surface area contributed by atoms with Crippen LogP contribution in [-0.4, -0.2) is 36.0 Å². The van der Waals surface area contributed by atoms with Gasteiger partial charge in [-0.1, -0.05) is 17.6 Å². The number of hydrogen-bond acceptors (Lipinski definition) is 6. The molecule has 0 atom stereocenters. The summed E-state index contributed by atoms with van der Waals surface area (Å²) in [4.78, 5) is 4.66. The second-order valence-corrected chi connectivity index (χ2v) is 8.86. The summed E-state index contributed by atoms with van der Waals surface area (Å²) in [7, 11) is -3.49. The first-order chi connectivity index (χ1) is 12.0. The monoisotopic (exact) mass is 398 g/mol. The zero-order valence-electron chi connectivity index (χ0n) is 14.4. The van der Waals surface area contributed by atoms with E-state index in [1.165, 1.54) is 0 Å². The molecule has 2 fully saturated rings. The lowest BCUT2D eigenvalue weighted by Crippen LogP contribution is -2.44. The number of nitrogens with two attached hydrogens (primary N) is 1. The van der Waals surface area contributed by atoms with Gasteiger partial charge >= 0.3 is 0 Å². The predicted octanol–water partition coefficient (Wildman–Crippen LogP) is 2.67. The quantitative estimate of drug-likeness (QED) is 0.849. The van der Waals surface area contributed by atoms with Gasteiger partial charge in [0.05, 0.1) is 10.4 Å². The summed E-state index contributed by atoms with van der Waals surface area (Å²) in [5.74, 6) is 0.806. The van der Waals surface area contributed by atoms with Gasteiger partial charge in [-0.15, -0.1) is 12.4 Å². The Hall–Kier alpha value is -1.48. The molecule has 142 valence electrons. The molecule has 2 aromatic rings. The number of hydrogen-bond donors (Lipinski definition) is 1. The second kappa shape index (κ2) is 7.26. The van der Waals surface area contributed by atoms with E-state index < -0.39 is 15.6 Å². The minimum Gasteiger partial charge on any atom is -0.334 e. The first-order valence-corrected chi connectivity index (χ1v) is 10.2. The molecule has 1 aromatic heterocycles. The molecule has 1 aliphatic carbocycles. The minimum atomic E-state index is -3.49. The largest absolute Gasteiger partial charge is 0.334 e. The van der Waals surface area contributed by atoms with Gasteiger partial charge in [0.25, 0.3) is 5.89 Å². The van der Waals surface area contributed by atoms with Crippen LogP contribution < -0.4 is 5.73 Å². The lowest BCUT2D eigenvalue weighted by Gasteiger charge is -2.34. The second-order valence-electron chi connectivity index (χ2n) is 6.93. The van der Waals surface area contributed by atoms with Crippen molar-refractivity contribution in [1.29, 1.82) is 0 Å². The minimum absolute atomic E-state index is 0. The molecule has 26 heavy (non-hydrogen) atoms. The van der Waals surface area contributed by atoms with E-state index in [4.69, 9.17) is 10.3 Å². The van der Waals surface area contributed by atoms with Crippen LogP contribution >= 0.6 is 12.4 Å². The highest BCUT2D eigenvalue weighted by Gasteiger charge is 2.39. The average molecular weight is 399 g/mol. The molecule has 0 bridgehead atoms. The predicted molar refractivity (Wildman–Crippen MR) is 99.3 cm³/mol. The van der Waals surface area contributed by atoms with Gasteiger partial charge in [-0.2, -0.15) is 9.29 Å². The maximum atomic E-state index is 12.8. The third-order valence-corrected chi connectivity index (χ3v) is 7.05. The van der Waals surface area contributed by atoms with Crippen LogP contribution in [-0.2, 0) is 15.6 Å². The van der Waals surface area contributed by atoms with E-state index in [-0.39, 0.29) is 17.3 Å². The topological polar surface area (TPSA) is 102 Å². The molecule has 0 amide bonds.